The van der Waals surface area contributed by atoms with Crippen molar-refractivity contribution in [3.05, 3.63) is 30.3 Å². The first-order chi connectivity index (χ1) is 6.72. The van der Waals surface area contributed by atoms with Crippen molar-refractivity contribution < 1.29 is 9.53 Å². The van der Waals surface area contributed by atoms with Crippen LogP contribution in [-0.4, -0.2) is 18.4 Å². The Morgan fingerprint density at radius 3 is 2.64 bits per heavy atom. The molecule has 1 aromatic carbocycles. The average Bonchev–Trinajstić information content (AvgIpc) is 2.19. The number of rotatable bonds is 5. The van der Waals surface area contributed by atoms with Crippen molar-refractivity contribution in [2.24, 2.45) is 5.73 Å². The molecule has 0 radical (unpaired) electrons. The van der Waals surface area contributed by atoms with Gasteiger partial charge in [0.2, 0.25) is 0 Å². The van der Waals surface area contributed by atoms with Gasteiger partial charge in [0.1, 0.15) is 17.6 Å². The molecule has 0 fully saturated rings. The lowest BCUT2D eigenvalue weighted by Crippen LogP contribution is -2.22. The molecule has 0 aromatic heterocycles. The molecule has 0 amide bonds. The van der Waals surface area contributed by atoms with E-state index in [1.54, 1.807) is 0 Å². The van der Waals surface area contributed by atoms with Crippen molar-refractivity contribution in [3.8, 4) is 5.75 Å². The molecule has 0 bridgehead atoms. The van der Waals surface area contributed by atoms with Gasteiger partial charge in [-0.2, -0.15) is 0 Å². The van der Waals surface area contributed by atoms with Crippen LogP contribution in [0.1, 0.15) is 13.3 Å². The Labute approximate surface area is 83.9 Å². The van der Waals surface area contributed by atoms with E-state index in [1.165, 1.54) is 0 Å². The van der Waals surface area contributed by atoms with Crippen LogP contribution in [0.4, 0.5) is 0 Å². The molecule has 3 nitrogen and oxygen atoms in total. The summed E-state index contributed by atoms with van der Waals surface area (Å²) in [5.74, 6) is 0.804. The first kappa shape index (κ1) is 10.7. The monoisotopic (exact) mass is 193 g/mol. The predicted molar refractivity (Wildman–Crippen MR) is 55.2 cm³/mol. The fourth-order valence-corrected chi connectivity index (χ4v) is 1.18. The number of hydrogen-bond donors (Lipinski definition) is 1. The maximum absolute atomic E-state index is 11.0. The number of hydrogen-bond acceptors (Lipinski definition) is 3. The van der Waals surface area contributed by atoms with Gasteiger partial charge in [0.05, 0.1) is 6.54 Å². The zero-order valence-electron chi connectivity index (χ0n) is 8.27. The Hall–Kier alpha value is -1.35. The largest absolute Gasteiger partial charge is 0.490 e. The van der Waals surface area contributed by atoms with Crippen LogP contribution in [0.2, 0.25) is 0 Å². The minimum absolute atomic E-state index is 0.0217. The molecule has 0 aliphatic carbocycles. The molecule has 0 saturated heterocycles. The molecule has 0 aliphatic heterocycles. The van der Waals surface area contributed by atoms with Crippen LogP contribution < -0.4 is 10.5 Å². The second-order valence-corrected chi connectivity index (χ2v) is 3.19. The summed E-state index contributed by atoms with van der Waals surface area (Å²) in [6.45, 7) is 1.95. The topological polar surface area (TPSA) is 52.3 Å². The van der Waals surface area contributed by atoms with Crippen molar-refractivity contribution in [2.75, 3.05) is 6.54 Å². The molecule has 0 aliphatic rings. The Morgan fingerprint density at radius 1 is 1.43 bits per heavy atom. The summed E-state index contributed by atoms with van der Waals surface area (Å²) in [5, 5.41) is 0. The molecule has 76 valence electrons. The molecular weight excluding hydrogens is 178 g/mol. The number of para-hydroxylation sites is 1. The molecule has 2 N–H and O–H groups in total. The fourth-order valence-electron chi connectivity index (χ4n) is 1.18. The molecule has 0 spiro atoms. The van der Waals surface area contributed by atoms with Gasteiger partial charge in [0, 0.05) is 6.42 Å². The summed E-state index contributed by atoms with van der Waals surface area (Å²) < 4.78 is 5.51. The minimum Gasteiger partial charge on any atom is -0.490 e. The highest BCUT2D eigenvalue weighted by atomic mass is 16.5. The molecule has 1 rings (SSSR count). The molecule has 3 heteroatoms. The van der Waals surface area contributed by atoms with Gasteiger partial charge in [0.25, 0.3) is 0 Å². The van der Waals surface area contributed by atoms with Crippen LogP contribution >= 0.6 is 0 Å². The first-order valence-electron chi connectivity index (χ1n) is 4.66. The summed E-state index contributed by atoms with van der Waals surface area (Å²) in [7, 11) is 0. The normalized spacial score (nSPS) is 12.1. The second kappa shape index (κ2) is 5.40. The highest BCUT2D eigenvalue weighted by molar-refractivity contribution is 5.80. The van der Waals surface area contributed by atoms with Crippen molar-refractivity contribution in [3.63, 3.8) is 0 Å². The van der Waals surface area contributed by atoms with Crippen LogP contribution in [-0.2, 0) is 4.79 Å². The Balaban J connectivity index is 2.41. The molecule has 0 heterocycles. The number of ether oxygens (including phenoxy) is 1. The van der Waals surface area contributed by atoms with E-state index in [0.29, 0.717) is 6.42 Å². The quantitative estimate of drug-likeness (QED) is 0.768. The zero-order valence-corrected chi connectivity index (χ0v) is 8.27. The third-order valence-electron chi connectivity index (χ3n) is 1.82. The molecule has 0 saturated carbocycles. The van der Waals surface area contributed by atoms with E-state index in [2.05, 4.69) is 0 Å². The molecular formula is C11H15NO2. The third kappa shape index (κ3) is 3.58. The highest BCUT2D eigenvalue weighted by Gasteiger charge is 2.08. The summed E-state index contributed by atoms with van der Waals surface area (Å²) >= 11 is 0. The summed E-state index contributed by atoms with van der Waals surface area (Å²) in [6, 6.07) is 9.44. The highest BCUT2D eigenvalue weighted by Crippen LogP contribution is 2.12. The van der Waals surface area contributed by atoms with Gasteiger partial charge in [-0.3, -0.25) is 4.79 Å². The van der Waals surface area contributed by atoms with Crippen LogP contribution in [0.3, 0.4) is 0 Å². The Kier molecular flexibility index (Phi) is 4.13. The standard InChI is InChI=1S/C11H15NO2/c1-9(7-10(13)8-12)14-11-5-3-2-4-6-11/h2-6,9H,7-8,12H2,1H3. The van der Waals surface area contributed by atoms with E-state index in [0.717, 1.165) is 5.75 Å². The number of carbonyl (C=O) groups is 1. The van der Waals surface area contributed by atoms with E-state index in [9.17, 15) is 4.79 Å². The van der Waals surface area contributed by atoms with Gasteiger partial charge in [-0.1, -0.05) is 18.2 Å². The van der Waals surface area contributed by atoms with Crippen LogP contribution in [0.15, 0.2) is 30.3 Å². The number of ketones is 1. The van der Waals surface area contributed by atoms with Gasteiger partial charge >= 0.3 is 0 Å². The Bertz CT molecular complexity index is 285. The van der Waals surface area contributed by atoms with Crippen molar-refractivity contribution in [1.82, 2.24) is 0 Å². The van der Waals surface area contributed by atoms with Gasteiger partial charge in [-0.05, 0) is 19.1 Å². The van der Waals surface area contributed by atoms with E-state index in [4.69, 9.17) is 10.5 Å². The number of nitrogens with two attached hydrogens (primary N) is 1. The number of benzene rings is 1. The third-order valence-corrected chi connectivity index (χ3v) is 1.82. The maximum Gasteiger partial charge on any atom is 0.150 e. The minimum atomic E-state index is -0.117. The van der Waals surface area contributed by atoms with Gasteiger partial charge < -0.3 is 10.5 Å². The lowest BCUT2D eigenvalue weighted by atomic mass is 10.2. The van der Waals surface area contributed by atoms with E-state index in [1.807, 2.05) is 37.3 Å². The molecule has 1 unspecified atom stereocenters. The lowest BCUT2D eigenvalue weighted by molar-refractivity contribution is -0.119. The van der Waals surface area contributed by atoms with Crippen molar-refractivity contribution in [1.29, 1.82) is 0 Å². The van der Waals surface area contributed by atoms with Crippen molar-refractivity contribution >= 4 is 5.78 Å². The van der Waals surface area contributed by atoms with Gasteiger partial charge in [0.15, 0.2) is 0 Å². The summed E-state index contributed by atoms with van der Waals surface area (Å²) in [6.07, 6.45) is 0.249. The van der Waals surface area contributed by atoms with Crippen LogP contribution in [0, 0.1) is 0 Å². The zero-order chi connectivity index (χ0) is 10.4. The molecule has 1 aromatic rings. The van der Waals surface area contributed by atoms with Gasteiger partial charge in [-0.15, -0.1) is 0 Å². The molecule has 14 heavy (non-hydrogen) atoms. The fraction of sp³-hybridized carbons (Fsp3) is 0.364. The lowest BCUT2D eigenvalue weighted by Gasteiger charge is -2.13. The predicted octanol–water partition coefficient (Wildman–Crippen LogP) is 1.37. The second-order valence-electron chi connectivity index (χ2n) is 3.19. The number of carbonyl (C=O) groups excluding carboxylic acids is 1. The van der Waals surface area contributed by atoms with E-state index < -0.39 is 0 Å². The van der Waals surface area contributed by atoms with Gasteiger partial charge in [-0.25, -0.2) is 0 Å². The smallest absolute Gasteiger partial charge is 0.150 e. The Morgan fingerprint density at radius 2 is 2.07 bits per heavy atom. The van der Waals surface area contributed by atoms with E-state index in [-0.39, 0.29) is 18.4 Å². The van der Waals surface area contributed by atoms with Crippen LogP contribution in [0.25, 0.3) is 0 Å². The average molecular weight is 193 g/mol. The van der Waals surface area contributed by atoms with Crippen LogP contribution in [0.5, 0.6) is 5.75 Å². The summed E-state index contributed by atoms with van der Waals surface area (Å²) in [4.78, 5) is 11.0. The van der Waals surface area contributed by atoms with E-state index >= 15 is 0 Å². The number of Topliss-reactive ketones (excluding diaryl/α,β-unsaturated/α-hetero) is 1. The summed E-state index contributed by atoms with van der Waals surface area (Å²) in [5.41, 5.74) is 5.21. The maximum atomic E-state index is 11.0. The SMILES string of the molecule is CC(CC(=O)CN)Oc1ccccc1. The first-order valence-corrected chi connectivity index (χ1v) is 4.66. The van der Waals surface area contributed by atoms with Crippen molar-refractivity contribution in [2.45, 2.75) is 19.4 Å². The molecule has 1 atom stereocenters.